The summed E-state index contributed by atoms with van der Waals surface area (Å²) in [5.41, 5.74) is 1.93. The summed E-state index contributed by atoms with van der Waals surface area (Å²) >= 11 is 1.49. The largest absolute Gasteiger partial charge is 0.487 e. The Labute approximate surface area is 115 Å². The molecule has 19 heavy (non-hydrogen) atoms. The molecule has 2 aromatic rings. The minimum Gasteiger partial charge on any atom is -0.487 e. The van der Waals surface area contributed by atoms with Crippen LogP contribution in [0.4, 0.5) is 5.13 Å². The van der Waals surface area contributed by atoms with E-state index >= 15 is 0 Å². The van der Waals surface area contributed by atoms with Gasteiger partial charge in [-0.2, -0.15) is 0 Å². The molecule has 1 N–H and O–H groups in total. The molecule has 0 bridgehead atoms. The third-order valence-corrected chi connectivity index (χ3v) is 3.87. The number of para-hydroxylation sites is 1. The van der Waals surface area contributed by atoms with E-state index < -0.39 is 0 Å². The van der Waals surface area contributed by atoms with Crippen LogP contribution in [-0.4, -0.2) is 10.9 Å². The van der Waals surface area contributed by atoms with Gasteiger partial charge in [0, 0.05) is 12.0 Å². The molecule has 0 saturated carbocycles. The van der Waals surface area contributed by atoms with Gasteiger partial charge in [-0.1, -0.05) is 30.4 Å². The van der Waals surface area contributed by atoms with Gasteiger partial charge >= 0.3 is 0 Å². The Hall–Kier alpha value is -1.88. The van der Waals surface area contributed by atoms with Crippen LogP contribution in [-0.2, 0) is 11.4 Å². The van der Waals surface area contributed by atoms with E-state index in [-0.39, 0.29) is 5.91 Å². The van der Waals surface area contributed by atoms with Crippen LogP contribution in [0, 0.1) is 0 Å². The highest BCUT2D eigenvalue weighted by Gasteiger charge is 2.22. The number of nitrogens with one attached hydrogen (secondary N) is 1. The molecule has 98 valence electrons. The predicted molar refractivity (Wildman–Crippen MR) is 75.4 cm³/mol. The average Bonchev–Trinajstić information content (AvgIpc) is 2.81. The summed E-state index contributed by atoms with van der Waals surface area (Å²) in [6.07, 6.45) is 1.36. The predicted octanol–water partition coefficient (Wildman–Crippen LogP) is 3.44. The van der Waals surface area contributed by atoms with Crippen molar-refractivity contribution < 1.29 is 9.53 Å². The molecule has 1 amide bonds. The second-order valence-corrected chi connectivity index (χ2v) is 5.46. The van der Waals surface area contributed by atoms with Crippen LogP contribution >= 0.6 is 11.3 Å². The van der Waals surface area contributed by atoms with Crippen LogP contribution < -0.4 is 10.1 Å². The van der Waals surface area contributed by atoms with Crippen molar-refractivity contribution in [1.29, 1.82) is 0 Å². The van der Waals surface area contributed by atoms with E-state index in [1.54, 1.807) is 0 Å². The summed E-state index contributed by atoms with van der Waals surface area (Å²) in [5, 5.41) is 3.50. The third-order valence-electron chi connectivity index (χ3n) is 2.92. The number of benzene rings is 1. The van der Waals surface area contributed by atoms with Crippen LogP contribution in [0.5, 0.6) is 5.75 Å². The lowest BCUT2D eigenvalue weighted by Crippen LogP contribution is -2.10. The number of carbonyl (C=O) groups excluding carboxylic acids is 1. The number of aromatic nitrogens is 1. The van der Waals surface area contributed by atoms with Gasteiger partial charge in [0.05, 0.1) is 10.6 Å². The molecule has 0 atom stereocenters. The normalized spacial score (nSPS) is 12.3. The first-order chi connectivity index (χ1) is 9.28. The van der Waals surface area contributed by atoms with E-state index in [4.69, 9.17) is 4.74 Å². The number of fused-ring (bicyclic) bond motifs is 3. The highest BCUT2D eigenvalue weighted by molar-refractivity contribution is 7.16. The monoisotopic (exact) mass is 274 g/mol. The molecule has 1 aromatic heterocycles. The van der Waals surface area contributed by atoms with Gasteiger partial charge in [-0.25, -0.2) is 4.98 Å². The Kier molecular flexibility index (Phi) is 3.21. The Balaban J connectivity index is 1.90. The van der Waals surface area contributed by atoms with Crippen molar-refractivity contribution >= 4 is 22.4 Å². The van der Waals surface area contributed by atoms with E-state index in [1.165, 1.54) is 11.3 Å². The maximum atomic E-state index is 11.6. The minimum atomic E-state index is 0.0165. The van der Waals surface area contributed by atoms with Gasteiger partial charge in [0.25, 0.3) is 0 Å². The number of amides is 1. The molecular weight excluding hydrogens is 260 g/mol. The Bertz CT molecular complexity index is 622. The number of ether oxygens (including phenoxy) is 1. The highest BCUT2D eigenvalue weighted by atomic mass is 32.1. The number of hydrogen-bond acceptors (Lipinski definition) is 4. The van der Waals surface area contributed by atoms with Crippen LogP contribution in [0.2, 0.25) is 0 Å². The van der Waals surface area contributed by atoms with Crippen molar-refractivity contribution in [2.75, 3.05) is 5.32 Å². The van der Waals surface area contributed by atoms with E-state index in [0.717, 1.165) is 28.3 Å². The van der Waals surface area contributed by atoms with Crippen molar-refractivity contribution in [2.45, 2.75) is 26.4 Å². The summed E-state index contributed by atoms with van der Waals surface area (Å²) in [6, 6.07) is 7.84. The van der Waals surface area contributed by atoms with E-state index in [2.05, 4.69) is 10.3 Å². The molecular formula is C14H14N2O2S. The molecule has 0 radical (unpaired) electrons. The van der Waals surface area contributed by atoms with Gasteiger partial charge in [0.1, 0.15) is 12.4 Å². The van der Waals surface area contributed by atoms with Gasteiger partial charge in [-0.3, -0.25) is 4.79 Å². The summed E-state index contributed by atoms with van der Waals surface area (Å²) in [7, 11) is 0. The maximum absolute atomic E-state index is 11.6. The average molecular weight is 274 g/mol. The van der Waals surface area contributed by atoms with E-state index in [1.807, 2.05) is 31.2 Å². The molecule has 0 saturated heterocycles. The first-order valence-corrected chi connectivity index (χ1v) is 7.11. The van der Waals surface area contributed by atoms with Crippen molar-refractivity contribution in [3.05, 3.63) is 29.1 Å². The van der Waals surface area contributed by atoms with Crippen LogP contribution in [0.1, 0.15) is 24.6 Å². The molecule has 0 unspecified atom stereocenters. The zero-order valence-corrected chi connectivity index (χ0v) is 11.4. The summed E-state index contributed by atoms with van der Waals surface area (Å²) in [5.74, 6) is 0.870. The molecule has 3 rings (SSSR count). The fraction of sp³-hybridized carbons (Fsp3) is 0.286. The fourth-order valence-electron chi connectivity index (χ4n) is 2.05. The number of nitrogens with zero attached hydrogens (tertiary/aromatic N) is 1. The first kappa shape index (κ1) is 12.2. The van der Waals surface area contributed by atoms with Crippen LogP contribution in [0.15, 0.2) is 24.3 Å². The Morgan fingerprint density at radius 2 is 2.32 bits per heavy atom. The number of anilines is 1. The molecule has 1 aliphatic rings. The van der Waals surface area contributed by atoms with Crippen molar-refractivity contribution in [2.24, 2.45) is 0 Å². The van der Waals surface area contributed by atoms with Gasteiger partial charge in [-0.05, 0) is 18.6 Å². The van der Waals surface area contributed by atoms with E-state index in [0.29, 0.717) is 18.2 Å². The summed E-state index contributed by atoms with van der Waals surface area (Å²) in [4.78, 5) is 17.2. The topological polar surface area (TPSA) is 51.2 Å². The quantitative estimate of drug-likeness (QED) is 0.932. The van der Waals surface area contributed by atoms with Crippen molar-refractivity contribution in [1.82, 2.24) is 4.98 Å². The van der Waals surface area contributed by atoms with Gasteiger partial charge in [-0.15, -0.1) is 0 Å². The lowest BCUT2D eigenvalue weighted by molar-refractivity contribution is -0.116. The second kappa shape index (κ2) is 5.01. The van der Waals surface area contributed by atoms with Gasteiger partial charge in [0.15, 0.2) is 5.13 Å². The zero-order chi connectivity index (χ0) is 13.2. The number of carbonyl (C=O) groups is 1. The molecule has 2 heterocycles. The van der Waals surface area contributed by atoms with Gasteiger partial charge in [0.2, 0.25) is 5.91 Å². The smallest absolute Gasteiger partial charge is 0.226 e. The lowest BCUT2D eigenvalue weighted by atomic mass is 10.1. The van der Waals surface area contributed by atoms with Crippen molar-refractivity contribution in [3.8, 4) is 17.0 Å². The molecule has 1 aromatic carbocycles. The molecule has 1 aliphatic heterocycles. The molecule has 5 heteroatoms. The van der Waals surface area contributed by atoms with E-state index in [9.17, 15) is 4.79 Å². The summed E-state index contributed by atoms with van der Waals surface area (Å²) < 4.78 is 5.67. The maximum Gasteiger partial charge on any atom is 0.226 e. The third kappa shape index (κ3) is 2.33. The molecule has 0 spiro atoms. The van der Waals surface area contributed by atoms with Crippen LogP contribution in [0.3, 0.4) is 0 Å². The second-order valence-electron chi connectivity index (χ2n) is 4.37. The number of hydrogen-bond donors (Lipinski definition) is 1. The first-order valence-electron chi connectivity index (χ1n) is 6.29. The van der Waals surface area contributed by atoms with Gasteiger partial charge < -0.3 is 10.1 Å². The lowest BCUT2D eigenvalue weighted by Gasteiger charge is -2.15. The number of rotatable bonds is 3. The Morgan fingerprint density at radius 3 is 3.16 bits per heavy atom. The SMILES string of the molecule is CCCC(=O)Nc1nc2c(s1)COc1ccccc1-2. The summed E-state index contributed by atoms with van der Waals surface area (Å²) in [6.45, 7) is 2.50. The molecule has 0 fully saturated rings. The highest BCUT2D eigenvalue weighted by Crippen LogP contribution is 2.40. The minimum absolute atomic E-state index is 0.0165. The van der Waals surface area contributed by atoms with Crippen LogP contribution in [0.25, 0.3) is 11.3 Å². The number of thiazole rings is 1. The molecule has 4 nitrogen and oxygen atoms in total. The van der Waals surface area contributed by atoms with Crippen molar-refractivity contribution in [3.63, 3.8) is 0 Å². The Morgan fingerprint density at radius 1 is 1.47 bits per heavy atom. The standard InChI is InChI=1S/C14H14N2O2S/c1-2-5-12(17)15-14-16-13-9-6-3-4-7-10(9)18-8-11(13)19-14/h3-4,6-7H,2,5,8H2,1H3,(H,15,16,17). The fourth-order valence-corrected chi connectivity index (χ4v) is 2.96. The molecule has 0 aliphatic carbocycles. The zero-order valence-electron chi connectivity index (χ0n) is 10.6.